The van der Waals surface area contributed by atoms with Crippen molar-refractivity contribution in [2.45, 2.75) is 64.0 Å². The van der Waals surface area contributed by atoms with Gasteiger partial charge in [-0.2, -0.15) is 0 Å². The van der Waals surface area contributed by atoms with Crippen LogP contribution in [-0.2, 0) is 14.3 Å². The second-order valence-corrected chi connectivity index (χ2v) is 9.74. The lowest BCUT2D eigenvalue weighted by Crippen LogP contribution is -2.49. The maximum atomic E-state index is 12.8. The van der Waals surface area contributed by atoms with Crippen molar-refractivity contribution in [3.8, 4) is 11.1 Å². The van der Waals surface area contributed by atoms with Crippen LogP contribution in [0, 0.1) is 11.8 Å². The molecule has 7 heteroatoms. The normalized spacial score (nSPS) is 20.7. The molecular weight excluding hydrogens is 444 g/mol. The van der Waals surface area contributed by atoms with Gasteiger partial charge in [-0.05, 0) is 47.4 Å². The highest BCUT2D eigenvalue weighted by molar-refractivity contribution is 5.85. The Balaban J connectivity index is 1.32. The Bertz CT molecular complexity index is 1040. The van der Waals surface area contributed by atoms with Gasteiger partial charge in [-0.15, -0.1) is 0 Å². The molecule has 2 aromatic carbocycles. The minimum absolute atomic E-state index is 0.00783. The Hall–Kier alpha value is -3.35. The first kappa shape index (κ1) is 24.8. The molecule has 2 unspecified atom stereocenters. The first-order valence-corrected chi connectivity index (χ1v) is 12.5. The van der Waals surface area contributed by atoms with Crippen molar-refractivity contribution >= 4 is 18.0 Å². The molecule has 0 bridgehead atoms. The molecule has 186 valence electrons. The van der Waals surface area contributed by atoms with Gasteiger partial charge in [0.25, 0.3) is 0 Å². The van der Waals surface area contributed by atoms with E-state index >= 15 is 0 Å². The number of ether oxygens (including phenoxy) is 1. The van der Waals surface area contributed by atoms with Gasteiger partial charge < -0.3 is 20.5 Å². The number of alkyl carbamates (subject to hydrolysis) is 1. The summed E-state index contributed by atoms with van der Waals surface area (Å²) in [4.78, 5) is 37.0. The predicted molar refractivity (Wildman–Crippen MR) is 133 cm³/mol. The number of hydrogen-bond donors (Lipinski definition) is 3. The minimum atomic E-state index is -1.02. The van der Waals surface area contributed by atoms with E-state index < -0.39 is 18.1 Å². The fourth-order valence-corrected chi connectivity index (χ4v) is 5.32. The largest absolute Gasteiger partial charge is 0.480 e. The molecule has 35 heavy (non-hydrogen) atoms. The number of carboxylic acids is 1. The number of fused-ring (bicyclic) bond motifs is 3. The monoisotopic (exact) mass is 478 g/mol. The van der Waals surface area contributed by atoms with Gasteiger partial charge in [-0.25, -0.2) is 9.59 Å². The van der Waals surface area contributed by atoms with Crippen molar-refractivity contribution in [1.29, 1.82) is 0 Å². The van der Waals surface area contributed by atoms with Crippen molar-refractivity contribution in [1.82, 2.24) is 10.6 Å². The van der Waals surface area contributed by atoms with E-state index in [9.17, 15) is 19.5 Å². The molecule has 1 saturated carbocycles. The standard InChI is InChI=1S/C28H34N2O5/c1-3-17(2)25(27(32)33)30-26(31)18-9-8-10-19(15-18)29-28(34)35-16-24-22-13-6-4-11-20(22)21-12-5-7-14-23(21)24/h4-7,11-14,17-19,24-25H,3,8-10,15-16H2,1-2H3,(H,29,34)(H,30,31)(H,32,33)/t17?,18-,19-,25?/m1/s1. The molecule has 4 rings (SSSR count). The van der Waals surface area contributed by atoms with Crippen LogP contribution in [0.25, 0.3) is 11.1 Å². The summed E-state index contributed by atoms with van der Waals surface area (Å²) < 4.78 is 5.65. The summed E-state index contributed by atoms with van der Waals surface area (Å²) in [5.41, 5.74) is 4.67. The predicted octanol–water partition coefficient (Wildman–Crippen LogP) is 4.70. The zero-order valence-electron chi connectivity index (χ0n) is 20.3. The quantitative estimate of drug-likeness (QED) is 0.510. The van der Waals surface area contributed by atoms with Crippen molar-refractivity contribution < 1.29 is 24.2 Å². The van der Waals surface area contributed by atoms with E-state index in [0.29, 0.717) is 19.3 Å². The summed E-state index contributed by atoms with van der Waals surface area (Å²) >= 11 is 0. The van der Waals surface area contributed by atoms with Crippen molar-refractivity contribution in [2.24, 2.45) is 11.8 Å². The molecule has 1 fully saturated rings. The Labute approximate surface area is 206 Å². The summed E-state index contributed by atoms with van der Waals surface area (Å²) in [5.74, 6) is -1.76. The number of benzene rings is 2. The Morgan fingerprint density at radius 3 is 2.26 bits per heavy atom. The van der Waals surface area contributed by atoms with Gasteiger partial charge in [0.2, 0.25) is 5.91 Å². The number of amides is 2. The zero-order valence-corrected chi connectivity index (χ0v) is 20.3. The topological polar surface area (TPSA) is 105 Å². The number of aliphatic carboxylic acids is 1. The third kappa shape index (κ3) is 5.50. The molecule has 2 amide bonds. The Morgan fingerprint density at radius 2 is 1.66 bits per heavy atom. The van der Waals surface area contributed by atoms with Crippen molar-refractivity contribution in [3.05, 3.63) is 59.7 Å². The number of nitrogens with one attached hydrogen (secondary N) is 2. The highest BCUT2D eigenvalue weighted by Crippen LogP contribution is 2.44. The highest BCUT2D eigenvalue weighted by Gasteiger charge is 2.33. The molecule has 0 spiro atoms. The molecule has 0 radical (unpaired) electrons. The van der Waals surface area contributed by atoms with Gasteiger partial charge in [-0.1, -0.05) is 75.2 Å². The molecular formula is C28H34N2O5. The molecule has 2 aromatic rings. The van der Waals surface area contributed by atoms with Crippen LogP contribution in [0.5, 0.6) is 0 Å². The number of carboxylic acid groups (broad SMARTS) is 1. The lowest BCUT2D eigenvalue weighted by Gasteiger charge is -2.30. The maximum Gasteiger partial charge on any atom is 0.407 e. The summed E-state index contributed by atoms with van der Waals surface area (Å²) in [7, 11) is 0. The number of rotatable bonds is 8. The lowest BCUT2D eigenvalue weighted by atomic mass is 9.84. The molecule has 0 saturated heterocycles. The highest BCUT2D eigenvalue weighted by atomic mass is 16.5. The SMILES string of the molecule is CCC(C)C(NC(=O)[C@@H]1CCC[C@@H](NC(=O)OCC2c3ccccc3-c3ccccc32)C1)C(=O)O. The molecule has 4 atom stereocenters. The number of carbonyl (C=O) groups excluding carboxylic acids is 2. The van der Waals surface area contributed by atoms with Crippen LogP contribution < -0.4 is 10.6 Å². The van der Waals surface area contributed by atoms with E-state index in [2.05, 4.69) is 34.9 Å². The van der Waals surface area contributed by atoms with Gasteiger partial charge in [0.1, 0.15) is 12.6 Å². The smallest absolute Gasteiger partial charge is 0.407 e. The third-order valence-electron chi connectivity index (χ3n) is 7.49. The first-order chi connectivity index (χ1) is 16.9. The van der Waals surface area contributed by atoms with Crippen LogP contribution >= 0.6 is 0 Å². The van der Waals surface area contributed by atoms with E-state index in [1.807, 2.05) is 38.1 Å². The van der Waals surface area contributed by atoms with Gasteiger partial charge in [0.15, 0.2) is 0 Å². The van der Waals surface area contributed by atoms with Crippen LogP contribution in [0.15, 0.2) is 48.5 Å². The maximum absolute atomic E-state index is 12.8. The summed E-state index contributed by atoms with van der Waals surface area (Å²) in [6.07, 6.45) is 2.88. The van der Waals surface area contributed by atoms with E-state index in [4.69, 9.17) is 4.74 Å². The van der Waals surface area contributed by atoms with E-state index in [-0.39, 0.29) is 36.3 Å². The fourth-order valence-electron chi connectivity index (χ4n) is 5.32. The molecule has 0 aliphatic heterocycles. The van der Waals surface area contributed by atoms with Crippen LogP contribution in [0.2, 0.25) is 0 Å². The summed E-state index contributed by atoms with van der Waals surface area (Å²) in [5, 5.41) is 15.1. The van der Waals surface area contributed by atoms with Gasteiger partial charge in [-0.3, -0.25) is 4.79 Å². The van der Waals surface area contributed by atoms with Crippen LogP contribution in [-0.4, -0.2) is 41.8 Å². The van der Waals surface area contributed by atoms with E-state index in [0.717, 1.165) is 24.0 Å². The average molecular weight is 479 g/mol. The van der Waals surface area contributed by atoms with Gasteiger partial charge in [0, 0.05) is 17.9 Å². The van der Waals surface area contributed by atoms with E-state index in [1.165, 1.54) is 11.1 Å². The molecule has 7 nitrogen and oxygen atoms in total. The third-order valence-corrected chi connectivity index (χ3v) is 7.49. The molecule has 0 aromatic heterocycles. The Kier molecular flexibility index (Phi) is 7.73. The molecule has 3 N–H and O–H groups in total. The average Bonchev–Trinajstić information content (AvgIpc) is 3.19. The minimum Gasteiger partial charge on any atom is -0.480 e. The summed E-state index contributed by atoms with van der Waals surface area (Å²) in [6.45, 7) is 3.97. The number of carbonyl (C=O) groups is 3. The Morgan fingerprint density at radius 1 is 1.03 bits per heavy atom. The molecule has 0 heterocycles. The second-order valence-electron chi connectivity index (χ2n) is 9.74. The van der Waals surface area contributed by atoms with Gasteiger partial charge in [0.05, 0.1) is 0 Å². The van der Waals surface area contributed by atoms with Crippen LogP contribution in [0.3, 0.4) is 0 Å². The summed E-state index contributed by atoms with van der Waals surface area (Å²) in [6, 6.07) is 15.3. The number of hydrogen-bond acceptors (Lipinski definition) is 4. The van der Waals surface area contributed by atoms with Crippen molar-refractivity contribution in [3.63, 3.8) is 0 Å². The molecule has 2 aliphatic rings. The van der Waals surface area contributed by atoms with Gasteiger partial charge >= 0.3 is 12.1 Å². The van der Waals surface area contributed by atoms with Crippen molar-refractivity contribution in [2.75, 3.05) is 6.61 Å². The van der Waals surface area contributed by atoms with Crippen LogP contribution in [0.1, 0.15) is 63.0 Å². The first-order valence-electron chi connectivity index (χ1n) is 12.5. The van der Waals surface area contributed by atoms with E-state index in [1.54, 1.807) is 0 Å². The van der Waals surface area contributed by atoms with Crippen LogP contribution in [0.4, 0.5) is 4.79 Å². The fraction of sp³-hybridized carbons (Fsp3) is 0.464. The second kappa shape index (κ2) is 10.9. The molecule has 2 aliphatic carbocycles. The lowest BCUT2D eigenvalue weighted by molar-refractivity contribution is -0.144. The zero-order chi connectivity index (χ0) is 24.9.